The van der Waals surface area contributed by atoms with E-state index in [1.165, 1.54) is 6.20 Å². The van der Waals surface area contributed by atoms with Gasteiger partial charge in [-0.3, -0.25) is 10.6 Å². The number of aromatic nitrogens is 1. The topological polar surface area (TPSA) is 71.2 Å². The summed E-state index contributed by atoms with van der Waals surface area (Å²) in [5.41, 5.74) is 5.54. The highest BCUT2D eigenvalue weighted by Crippen LogP contribution is 2.18. The third-order valence-corrected chi connectivity index (χ3v) is 3.02. The fourth-order valence-electron chi connectivity index (χ4n) is 1.98. The molecule has 0 bridgehead atoms. The number of aryl methyl sites for hydroxylation is 1. The zero-order valence-electron chi connectivity index (χ0n) is 11.6. The number of amides is 1. The molecule has 0 atom stereocenters. The molecule has 3 N–H and O–H groups in total. The van der Waals surface area contributed by atoms with Crippen LogP contribution in [0.3, 0.4) is 0 Å². The van der Waals surface area contributed by atoms with Crippen LogP contribution in [0.25, 0.3) is 0 Å². The molecule has 0 aliphatic rings. The lowest BCUT2D eigenvalue weighted by Crippen LogP contribution is -2.31. The molecule has 5 nitrogen and oxygen atoms in total. The summed E-state index contributed by atoms with van der Waals surface area (Å²) in [6.45, 7) is 4.53. The van der Waals surface area contributed by atoms with Gasteiger partial charge in [0.25, 0.3) is 5.91 Å². The molecule has 1 amide bonds. The SMILES string of the molecule is CCN(C(=O)c1ccc(NN)cn1)c1cccc(C)c1. The number of nitrogen functional groups attached to an aromatic ring is 1. The van der Waals surface area contributed by atoms with Gasteiger partial charge in [0.1, 0.15) is 5.69 Å². The fraction of sp³-hybridized carbons (Fsp3) is 0.200. The molecule has 1 aromatic heterocycles. The van der Waals surface area contributed by atoms with Crippen LogP contribution in [0.1, 0.15) is 23.0 Å². The van der Waals surface area contributed by atoms with Gasteiger partial charge in [-0.15, -0.1) is 0 Å². The van der Waals surface area contributed by atoms with Crippen LogP contribution in [0.5, 0.6) is 0 Å². The summed E-state index contributed by atoms with van der Waals surface area (Å²) < 4.78 is 0. The molecular weight excluding hydrogens is 252 g/mol. The summed E-state index contributed by atoms with van der Waals surface area (Å²) in [6, 6.07) is 11.2. The Kier molecular flexibility index (Phi) is 4.32. The van der Waals surface area contributed by atoms with Gasteiger partial charge in [0.05, 0.1) is 11.9 Å². The van der Waals surface area contributed by atoms with E-state index < -0.39 is 0 Å². The number of hydrogen-bond acceptors (Lipinski definition) is 4. The van der Waals surface area contributed by atoms with Crippen molar-refractivity contribution in [1.29, 1.82) is 0 Å². The standard InChI is InChI=1S/C15H18N4O/c1-3-19(13-6-4-5-11(2)9-13)15(20)14-8-7-12(18-16)10-17-14/h4-10,18H,3,16H2,1-2H3. The predicted molar refractivity (Wildman–Crippen MR) is 80.6 cm³/mol. The Labute approximate surface area is 118 Å². The number of rotatable bonds is 4. The molecule has 0 radical (unpaired) electrons. The average molecular weight is 270 g/mol. The molecule has 20 heavy (non-hydrogen) atoms. The molecule has 2 aromatic rings. The maximum atomic E-state index is 12.5. The van der Waals surface area contributed by atoms with E-state index in [4.69, 9.17) is 5.84 Å². The Morgan fingerprint density at radius 2 is 2.15 bits per heavy atom. The molecule has 1 heterocycles. The molecular formula is C15H18N4O. The summed E-state index contributed by atoms with van der Waals surface area (Å²) in [7, 11) is 0. The summed E-state index contributed by atoms with van der Waals surface area (Å²) in [6.07, 6.45) is 1.54. The van der Waals surface area contributed by atoms with Crippen molar-refractivity contribution in [3.05, 3.63) is 53.9 Å². The van der Waals surface area contributed by atoms with E-state index in [0.29, 0.717) is 17.9 Å². The monoisotopic (exact) mass is 270 g/mol. The number of carbonyl (C=O) groups is 1. The van der Waals surface area contributed by atoms with Crippen molar-refractivity contribution in [1.82, 2.24) is 4.98 Å². The normalized spacial score (nSPS) is 10.2. The highest BCUT2D eigenvalue weighted by atomic mass is 16.2. The first-order valence-electron chi connectivity index (χ1n) is 6.47. The second-order valence-corrected chi connectivity index (χ2v) is 4.46. The van der Waals surface area contributed by atoms with Crippen LogP contribution >= 0.6 is 0 Å². The van der Waals surface area contributed by atoms with Gasteiger partial charge in [-0.05, 0) is 43.7 Å². The summed E-state index contributed by atoms with van der Waals surface area (Å²) in [5.74, 6) is 5.16. The molecule has 0 saturated heterocycles. The van der Waals surface area contributed by atoms with Gasteiger partial charge >= 0.3 is 0 Å². The van der Waals surface area contributed by atoms with E-state index in [1.54, 1.807) is 17.0 Å². The summed E-state index contributed by atoms with van der Waals surface area (Å²) >= 11 is 0. The zero-order chi connectivity index (χ0) is 14.5. The van der Waals surface area contributed by atoms with Crippen LogP contribution in [0, 0.1) is 6.92 Å². The Morgan fingerprint density at radius 1 is 1.35 bits per heavy atom. The fourth-order valence-corrected chi connectivity index (χ4v) is 1.98. The maximum absolute atomic E-state index is 12.5. The van der Waals surface area contributed by atoms with E-state index in [2.05, 4.69) is 10.4 Å². The summed E-state index contributed by atoms with van der Waals surface area (Å²) in [4.78, 5) is 18.3. The lowest BCUT2D eigenvalue weighted by atomic mass is 10.2. The largest absolute Gasteiger partial charge is 0.323 e. The van der Waals surface area contributed by atoms with Crippen LogP contribution in [-0.4, -0.2) is 17.4 Å². The molecule has 0 unspecified atom stereocenters. The van der Waals surface area contributed by atoms with Gasteiger partial charge in [-0.2, -0.15) is 0 Å². The van der Waals surface area contributed by atoms with Crippen molar-refractivity contribution in [2.75, 3.05) is 16.9 Å². The number of nitrogens with one attached hydrogen (secondary N) is 1. The highest BCUT2D eigenvalue weighted by molar-refractivity contribution is 6.04. The number of pyridine rings is 1. The second kappa shape index (κ2) is 6.16. The zero-order valence-corrected chi connectivity index (χ0v) is 11.6. The van der Waals surface area contributed by atoms with Gasteiger partial charge in [0.15, 0.2) is 0 Å². The van der Waals surface area contributed by atoms with Crippen molar-refractivity contribution < 1.29 is 4.79 Å². The number of hydrazine groups is 1. The minimum absolute atomic E-state index is 0.123. The summed E-state index contributed by atoms with van der Waals surface area (Å²) in [5, 5.41) is 0. The molecule has 104 valence electrons. The number of hydrogen-bond donors (Lipinski definition) is 2. The van der Waals surface area contributed by atoms with Crippen molar-refractivity contribution in [3.8, 4) is 0 Å². The number of nitrogens with two attached hydrogens (primary N) is 1. The van der Waals surface area contributed by atoms with Crippen molar-refractivity contribution in [2.24, 2.45) is 5.84 Å². The molecule has 2 rings (SSSR count). The number of carbonyl (C=O) groups excluding carboxylic acids is 1. The van der Waals surface area contributed by atoms with Gasteiger partial charge in [0, 0.05) is 12.2 Å². The Hall–Kier alpha value is -2.40. The Morgan fingerprint density at radius 3 is 2.70 bits per heavy atom. The quantitative estimate of drug-likeness (QED) is 0.661. The van der Waals surface area contributed by atoms with E-state index >= 15 is 0 Å². The number of nitrogens with zero attached hydrogens (tertiary/aromatic N) is 2. The van der Waals surface area contributed by atoms with E-state index in [1.807, 2.05) is 38.1 Å². The first-order chi connectivity index (χ1) is 9.65. The number of benzene rings is 1. The van der Waals surface area contributed by atoms with E-state index in [0.717, 1.165) is 11.3 Å². The van der Waals surface area contributed by atoms with Gasteiger partial charge in [-0.25, -0.2) is 4.98 Å². The molecule has 5 heteroatoms. The average Bonchev–Trinajstić information content (AvgIpc) is 2.48. The van der Waals surface area contributed by atoms with Gasteiger partial charge in [-0.1, -0.05) is 12.1 Å². The van der Waals surface area contributed by atoms with Crippen LogP contribution in [-0.2, 0) is 0 Å². The van der Waals surface area contributed by atoms with E-state index in [9.17, 15) is 4.79 Å². The molecule has 0 saturated carbocycles. The van der Waals surface area contributed by atoms with Crippen LogP contribution in [0.15, 0.2) is 42.6 Å². The lowest BCUT2D eigenvalue weighted by molar-refractivity contribution is 0.0983. The van der Waals surface area contributed by atoms with Crippen LogP contribution in [0.2, 0.25) is 0 Å². The smallest absolute Gasteiger partial charge is 0.276 e. The molecule has 0 fully saturated rings. The minimum atomic E-state index is -0.123. The minimum Gasteiger partial charge on any atom is -0.323 e. The molecule has 0 aliphatic carbocycles. The van der Waals surface area contributed by atoms with Gasteiger partial charge < -0.3 is 10.3 Å². The third kappa shape index (κ3) is 2.95. The van der Waals surface area contributed by atoms with Crippen LogP contribution in [0.4, 0.5) is 11.4 Å². The highest BCUT2D eigenvalue weighted by Gasteiger charge is 2.17. The lowest BCUT2D eigenvalue weighted by Gasteiger charge is -2.21. The second-order valence-electron chi connectivity index (χ2n) is 4.46. The first-order valence-corrected chi connectivity index (χ1v) is 6.47. The van der Waals surface area contributed by atoms with Crippen molar-refractivity contribution in [2.45, 2.75) is 13.8 Å². The first kappa shape index (κ1) is 14.0. The maximum Gasteiger partial charge on any atom is 0.276 e. The molecule has 1 aromatic carbocycles. The van der Waals surface area contributed by atoms with E-state index in [-0.39, 0.29) is 5.91 Å². The Bertz CT molecular complexity index is 595. The Balaban J connectivity index is 2.28. The van der Waals surface area contributed by atoms with Crippen LogP contribution < -0.4 is 16.2 Å². The number of anilines is 2. The van der Waals surface area contributed by atoms with Crippen molar-refractivity contribution >= 4 is 17.3 Å². The molecule has 0 spiro atoms. The third-order valence-electron chi connectivity index (χ3n) is 3.02. The van der Waals surface area contributed by atoms with Crippen molar-refractivity contribution in [3.63, 3.8) is 0 Å². The van der Waals surface area contributed by atoms with Gasteiger partial charge in [0.2, 0.25) is 0 Å². The predicted octanol–water partition coefficient (Wildman–Crippen LogP) is 2.34. The molecule has 0 aliphatic heterocycles.